The summed E-state index contributed by atoms with van der Waals surface area (Å²) in [6.45, 7) is 2.83. The maximum Gasteiger partial charge on any atom is 0.426 e. The molecule has 1 aliphatic rings. The van der Waals surface area contributed by atoms with Crippen molar-refractivity contribution < 1.29 is 27.8 Å². The summed E-state index contributed by atoms with van der Waals surface area (Å²) < 4.78 is 45.8. The number of alkyl halides is 3. The van der Waals surface area contributed by atoms with Crippen LogP contribution in [0.15, 0.2) is 65.7 Å². The maximum atomic E-state index is 13.3. The van der Waals surface area contributed by atoms with E-state index in [4.69, 9.17) is 16.3 Å². The van der Waals surface area contributed by atoms with Gasteiger partial charge in [0.25, 0.3) is 0 Å². The van der Waals surface area contributed by atoms with Crippen molar-refractivity contribution in [2.45, 2.75) is 31.9 Å². The van der Waals surface area contributed by atoms with E-state index in [0.29, 0.717) is 11.5 Å². The van der Waals surface area contributed by atoms with Crippen molar-refractivity contribution in [3.63, 3.8) is 0 Å². The van der Waals surface area contributed by atoms with Gasteiger partial charge in [0.15, 0.2) is 0 Å². The van der Waals surface area contributed by atoms with Gasteiger partial charge in [-0.2, -0.15) is 18.4 Å². The van der Waals surface area contributed by atoms with Crippen LogP contribution in [0.2, 0.25) is 0 Å². The fourth-order valence-electron chi connectivity index (χ4n) is 4.59. The monoisotopic (exact) mass is 449 g/mol. The van der Waals surface area contributed by atoms with Gasteiger partial charge in [0.05, 0.1) is 11.5 Å². The van der Waals surface area contributed by atoms with Gasteiger partial charge in [-0.1, -0.05) is 48.9 Å². The standard InChI is InChI=1S/C23H19ClF3NO3/c1-20(11-12-28)21(2,19(29)30)22(20,14-18(24)23(25,26)27)15-7-6-10-17(13-15)31-16-8-4-3-5-9-16/h3-10,13-14H,11H2,1-2H3,(H,29,30). The molecule has 0 saturated heterocycles. The third-order valence-corrected chi connectivity index (χ3v) is 6.77. The van der Waals surface area contributed by atoms with Gasteiger partial charge in [0.1, 0.15) is 16.5 Å². The van der Waals surface area contributed by atoms with E-state index < -0.39 is 33.4 Å². The molecule has 2 aromatic rings. The number of para-hydroxylation sites is 1. The molecule has 0 aliphatic heterocycles. The molecule has 0 bridgehead atoms. The minimum absolute atomic E-state index is 0.269. The first-order valence-corrected chi connectivity index (χ1v) is 9.71. The van der Waals surface area contributed by atoms with Crippen LogP contribution in [0.1, 0.15) is 25.8 Å². The molecule has 3 unspecified atom stereocenters. The fraction of sp³-hybridized carbons (Fsp3) is 0.304. The molecule has 31 heavy (non-hydrogen) atoms. The molecule has 0 radical (unpaired) electrons. The summed E-state index contributed by atoms with van der Waals surface area (Å²) in [4.78, 5) is 12.3. The lowest BCUT2D eigenvalue weighted by Crippen LogP contribution is -2.24. The number of carbonyl (C=O) groups is 1. The van der Waals surface area contributed by atoms with Crippen LogP contribution in [0, 0.1) is 22.2 Å². The van der Waals surface area contributed by atoms with E-state index in [0.717, 1.165) is 6.08 Å². The van der Waals surface area contributed by atoms with Crippen molar-refractivity contribution in [1.29, 1.82) is 5.26 Å². The SMILES string of the molecule is CC1(CC#N)C(C)(C(=O)O)C1(C=C(Cl)C(F)(F)F)c1cccc(Oc2ccccc2)c1. The van der Waals surface area contributed by atoms with Gasteiger partial charge in [0, 0.05) is 17.3 Å². The van der Waals surface area contributed by atoms with Crippen LogP contribution in [-0.4, -0.2) is 17.3 Å². The normalized spacial score (nSPS) is 28.0. The summed E-state index contributed by atoms with van der Waals surface area (Å²) in [6, 6.07) is 16.9. The highest BCUT2D eigenvalue weighted by Crippen LogP contribution is 2.81. The number of nitriles is 1. The molecule has 2 aromatic carbocycles. The predicted octanol–water partition coefficient (Wildman–Crippen LogP) is 6.43. The molecule has 3 atom stereocenters. The maximum absolute atomic E-state index is 13.3. The Hall–Kier alpha value is -2.98. The van der Waals surface area contributed by atoms with Gasteiger partial charge in [0.2, 0.25) is 0 Å². The predicted molar refractivity (Wildman–Crippen MR) is 109 cm³/mol. The Morgan fingerprint density at radius 2 is 1.77 bits per heavy atom. The smallest absolute Gasteiger partial charge is 0.426 e. The lowest BCUT2D eigenvalue weighted by atomic mass is 9.84. The van der Waals surface area contributed by atoms with E-state index >= 15 is 0 Å². The van der Waals surface area contributed by atoms with E-state index in [-0.39, 0.29) is 12.0 Å². The summed E-state index contributed by atoms with van der Waals surface area (Å²) in [7, 11) is 0. The van der Waals surface area contributed by atoms with E-state index in [9.17, 15) is 28.3 Å². The summed E-state index contributed by atoms with van der Waals surface area (Å²) in [5.41, 5.74) is -4.44. The highest BCUT2D eigenvalue weighted by molar-refractivity contribution is 6.30. The zero-order valence-corrected chi connectivity index (χ0v) is 17.5. The minimum atomic E-state index is -4.86. The van der Waals surface area contributed by atoms with Crippen LogP contribution in [0.5, 0.6) is 11.5 Å². The molecular formula is C23H19ClF3NO3. The third kappa shape index (κ3) is 3.35. The number of hydrogen-bond donors (Lipinski definition) is 1. The summed E-state index contributed by atoms with van der Waals surface area (Å²) >= 11 is 5.59. The number of allylic oxidation sites excluding steroid dienone is 2. The Morgan fingerprint density at radius 1 is 1.16 bits per heavy atom. The fourth-order valence-corrected chi connectivity index (χ4v) is 4.76. The highest BCUT2D eigenvalue weighted by Gasteiger charge is 2.85. The van der Waals surface area contributed by atoms with Gasteiger partial charge in [-0.3, -0.25) is 4.79 Å². The molecular weight excluding hydrogens is 431 g/mol. The van der Waals surface area contributed by atoms with Gasteiger partial charge < -0.3 is 9.84 Å². The molecule has 1 fully saturated rings. The molecule has 1 saturated carbocycles. The lowest BCUT2D eigenvalue weighted by Gasteiger charge is -2.21. The number of carboxylic acids is 1. The van der Waals surface area contributed by atoms with Crippen molar-refractivity contribution in [3.8, 4) is 17.6 Å². The third-order valence-electron chi connectivity index (χ3n) is 6.44. The van der Waals surface area contributed by atoms with E-state index in [1.54, 1.807) is 42.5 Å². The Morgan fingerprint density at radius 3 is 2.32 bits per heavy atom. The summed E-state index contributed by atoms with van der Waals surface area (Å²) in [5, 5.41) is 17.9. The van der Waals surface area contributed by atoms with Crippen LogP contribution in [-0.2, 0) is 10.2 Å². The van der Waals surface area contributed by atoms with Crippen molar-refractivity contribution in [2.75, 3.05) is 0 Å². The molecule has 0 spiro atoms. The molecule has 3 rings (SSSR count). The zero-order valence-electron chi connectivity index (χ0n) is 16.7. The molecule has 4 nitrogen and oxygen atoms in total. The molecule has 8 heteroatoms. The average molecular weight is 450 g/mol. The van der Waals surface area contributed by atoms with Crippen molar-refractivity contribution >= 4 is 17.6 Å². The number of aliphatic carboxylic acids is 1. The number of carboxylic acid groups (broad SMARTS) is 1. The number of halogens is 4. The topological polar surface area (TPSA) is 70.3 Å². The number of hydrogen-bond acceptors (Lipinski definition) is 3. The Balaban J connectivity index is 2.21. The van der Waals surface area contributed by atoms with Crippen LogP contribution in [0.4, 0.5) is 13.2 Å². The lowest BCUT2D eigenvalue weighted by molar-refractivity contribution is -0.144. The number of ether oxygens (including phenoxy) is 1. The van der Waals surface area contributed by atoms with E-state index in [1.807, 2.05) is 6.07 Å². The second-order valence-electron chi connectivity index (χ2n) is 7.84. The second kappa shape index (κ2) is 7.61. The molecule has 0 aromatic heterocycles. The number of nitrogens with zero attached hydrogens (tertiary/aromatic N) is 1. The first-order chi connectivity index (χ1) is 14.4. The summed E-state index contributed by atoms with van der Waals surface area (Å²) in [5.74, 6) is -0.491. The van der Waals surface area contributed by atoms with Gasteiger partial charge in [-0.15, -0.1) is 0 Å². The van der Waals surface area contributed by atoms with Crippen molar-refractivity contribution in [1.82, 2.24) is 0 Å². The van der Waals surface area contributed by atoms with Gasteiger partial charge in [-0.25, -0.2) is 0 Å². The number of rotatable bonds is 6. The minimum Gasteiger partial charge on any atom is -0.481 e. The largest absolute Gasteiger partial charge is 0.481 e. The van der Waals surface area contributed by atoms with Crippen molar-refractivity contribution in [3.05, 3.63) is 71.3 Å². The quantitative estimate of drug-likeness (QED) is 0.552. The van der Waals surface area contributed by atoms with E-state index in [1.165, 1.54) is 26.0 Å². The van der Waals surface area contributed by atoms with Crippen molar-refractivity contribution in [2.24, 2.45) is 10.8 Å². The second-order valence-corrected chi connectivity index (χ2v) is 8.25. The average Bonchev–Trinajstić information content (AvgIpc) is 3.13. The Bertz CT molecular complexity index is 1080. The molecule has 0 heterocycles. The summed E-state index contributed by atoms with van der Waals surface area (Å²) in [6.07, 6.45) is -4.40. The molecule has 1 N–H and O–H groups in total. The number of benzene rings is 2. The molecule has 162 valence electrons. The first-order valence-electron chi connectivity index (χ1n) is 9.33. The van der Waals surface area contributed by atoms with Crippen LogP contribution >= 0.6 is 11.6 Å². The Kier molecular flexibility index (Phi) is 5.57. The van der Waals surface area contributed by atoms with Gasteiger partial charge >= 0.3 is 12.1 Å². The van der Waals surface area contributed by atoms with Crippen LogP contribution in [0.3, 0.4) is 0 Å². The molecule has 1 aliphatic carbocycles. The highest BCUT2D eigenvalue weighted by atomic mass is 35.5. The Labute approximate surface area is 182 Å². The van der Waals surface area contributed by atoms with Crippen LogP contribution in [0.25, 0.3) is 0 Å². The van der Waals surface area contributed by atoms with E-state index in [2.05, 4.69) is 0 Å². The molecule has 0 amide bonds. The zero-order chi connectivity index (χ0) is 23.1. The van der Waals surface area contributed by atoms with Crippen LogP contribution < -0.4 is 4.74 Å². The van der Waals surface area contributed by atoms with Gasteiger partial charge in [-0.05, 0) is 42.8 Å². The first kappa shape index (κ1) is 22.7.